The highest BCUT2D eigenvalue weighted by atomic mass is 32.2. The zero-order valence-electron chi connectivity index (χ0n) is 11.5. The summed E-state index contributed by atoms with van der Waals surface area (Å²) in [6.07, 6.45) is 1.64. The standard InChI is InChI=1S/C12H27NO3S/c1-5-15-6-7-16-9-11(14)8-13-10-12(2,3)17-4/h11,13-14H,5-10H2,1-4H3. The average molecular weight is 265 g/mol. The Kier molecular flexibility index (Phi) is 10.3. The Balaban J connectivity index is 3.37. The van der Waals surface area contributed by atoms with Crippen molar-refractivity contribution in [3.8, 4) is 0 Å². The molecule has 0 aliphatic heterocycles. The molecular formula is C12H27NO3S. The van der Waals surface area contributed by atoms with Gasteiger partial charge >= 0.3 is 0 Å². The number of rotatable bonds is 11. The normalized spacial score (nSPS) is 13.9. The van der Waals surface area contributed by atoms with Crippen LogP contribution in [0, 0.1) is 0 Å². The highest BCUT2D eigenvalue weighted by molar-refractivity contribution is 7.99. The molecule has 0 aromatic heterocycles. The molecule has 0 aliphatic rings. The van der Waals surface area contributed by atoms with Crippen LogP contribution in [-0.2, 0) is 9.47 Å². The smallest absolute Gasteiger partial charge is 0.0897 e. The average Bonchev–Trinajstić information content (AvgIpc) is 2.28. The van der Waals surface area contributed by atoms with Crippen molar-refractivity contribution in [1.29, 1.82) is 0 Å². The fraction of sp³-hybridized carbons (Fsp3) is 1.00. The zero-order chi connectivity index (χ0) is 13.1. The molecule has 17 heavy (non-hydrogen) atoms. The molecule has 1 atom stereocenters. The second-order valence-electron chi connectivity index (χ2n) is 4.52. The molecule has 0 spiro atoms. The van der Waals surface area contributed by atoms with Crippen LogP contribution in [-0.4, -0.2) is 61.7 Å². The van der Waals surface area contributed by atoms with Crippen molar-refractivity contribution in [1.82, 2.24) is 5.32 Å². The Bertz CT molecular complexity index is 179. The Hall–Kier alpha value is 0.190. The van der Waals surface area contributed by atoms with Gasteiger partial charge in [-0.05, 0) is 27.0 Å². The van der Waals surface area contributed by atoms with Gasteiger partial charge in [0.15, 0.2) is 0 Å². The van der Waals surface area contributed by atoms with Crippen molar-refractivity contribution in [2.75, 3.05) is 45.8 Å². The molecule has 0 bridgehead atoms. The van der Waals surface area contributed by atoms with Crippen LogP contribution < -0.4 is 5.32 Å². The van der Waals surface area contributed by atoms with Crippen molar-refractivity contribution < 1.29 is 14.6 Å². The van der Waals surface area contributed by atoms with Gasteiger partial charge in [-0.25, -0.2) is 0 Å². The van der Waals surface area contributed by atoms with Crippen molar-refractivity contribution in [2.24, 2.45) is 0 Å². The van der Waals surface area contributed by atoms with E-state index in [1.54, 1.807) is 0 Å². The summed E-state index contributed by atoms with van der Waals surface area (Å²) in [6, 6.07) is 0. The van der Waals surface area contributed by atoms with E-state index >= 15 is 0 Å². The maximum atomic E-state index is 9.64. The molecule has 5 heteroatoms. The molecule has 2 N–H and O–H groups in total. The van der Waals surface area contributed by atoms with Crippen LogP contribution >= 0.6 is 11.8 Å². The van der Waals surface area contributed by atoms with E-state index in [9.17, 15) is 5.11 Å². The zero-order valence-corrected chi connectivity index (χ0v) is 12.3. The summed E-state index contributed by atoms with van der Waals surface area (Å²) in [6.45, 7) is 9.95. The van der Waals surface area contributed by atoms with Gasteiger partial charge in [0.2, 0.25) is 0 Å². The summed E-state index contributed by atoms with van der Waals surface area (Å²) >= 11 is 1.81. The fourth-order valence-corrected chi connectivity index (χ4v) is 1.40. The van der Waals surface area contributed by atoms with E-state index in [0.29, 0.717) is 33.0 Å². The van der Waals surface area contributed by atoms with E-state index in [1.165, 1.54) is 0 Å². The van der Waals surface area contributed by atoms with Crippen molar-refractivity contribution in [3.05, 3.63) is 0 Å². The van der Waals surface area contributed by atoms with Gasteiger partial charge in [-0.2, -0.15) is 11.8 Å². The highest BCUT2D eigenvalue weighted by Gasteiger charge is 2.15. The third-order valence-corrected chi connectivity index (χ3v) is 3.62. The van der Waals surface area contributed by atoms with E-state index in [0.717, 1.165) is 6.54 Å². The molecule has 4 nitrogen and oxygen atoms in total. The van der Waals surface area contributed by atoms with Crippen molar-refractivity contribution >= 4 is 11.8 Å². The predicted octanol–water partition coefficient (Wildman–Crippen LogP) is 1.13. The summed E-state index contributed by atoms with van der Waals surface area (Å²) in [7, 11) is 0. The number of hydrogen-bond donors (Lipinski definition) is 2. The summed E-state index contributed by atoms with van der Waals surface area (Å²) in [4.78, 5) is 0. The highest BCUT2D eigenvalue weighted by Crippen LogP contribution is 2.19. The minimum atomic E-state index is -0.450. The summed E-state index contributed by atoms with van der Waals surface area (Å²) in [5.41, 5.74) is 0. The van der Waals surface area contributed by atoms with Crippen LogP contribution in [0.3, 0.4) is 0 Å². The summed E-state index contributed by atoms with van der Waals surface area (Å²) in [5.74, 6) is 0. The molecule has 104 valence electrons. The van der Waals surface area contributed by atoms with Crippen molar-refractivity contribution in [2.45, 2.75) is 31.6 Å². The van der Waals surface area contributed by atoms with E-state index in [1.807, 2.05) is 18.7 Å². The third kappa shape index (κ3) is 11.0. The molecule has 1 unspecified atom stereocenters. The molecule has 0 heterocycles. The Labute approximate surface area is 109 Å². The van der Waals surface area contributed by atoms with E-state index in [-0.39, 0.29) is 4.75 Å². The molecule has 0 saturated carbocycles. The minimum Gasteiger partial charge on any atom is -0.389 e. The van der Waals surface area contributed by atoms with E-state index in [2.05, 4.69) is 25.4 Å². The number of aliphatic hydroxyl groups excluding tert-OH is 1. The van der Waals surface area contributed by atoms with Crippen LogP contribution in [0.5, 0.6) is 0 Å². The van der Waals surface area contributed by atoms with Gasteiger partial charge in [0, 0.05) is 24.4 Å². The second-order valence-corrected chi connectivity index (χ2v) is 6.03. The van der Waals surface area contributed by atoms with Crippen LogP contribution in [0.15, 0.2) is 0 Å². The van der Waals surface area contributed by atoms with Crippen LogP contribution in [0.25, 0.3) is 0 Å². The van der Waals surface area contributed by atoms with Gasteiger partial charge in [-0.3, -0.25) is 0 Å². The van der Waals surface area contributed by atoms with Gasteiger partial charge in [0.25, 0.3) is 0 Å². The molecule has 0 saturated heterocycles. The molecule has 0 aromatic rings. The van der Waals surface area contributed by atoms with Crippen LogP contribution in [0.4, 0.5) is 0 Å². The summed E-state index contributed by atoms with van der Waals surface area (Å²) in [5, 5.41) is 12.9. The van der Waals surface area contributed by atoms with Gasteiger partial charge < -0.3 is 19.9 Å². The molecule has 0 fully saturated rings. The minimum absolute atomic E-state index is 0.204. The second kappa shape index (κ2) is 10.1. The quantitative estimate of drug-likeness (QED) is 0.549. The lowest BCUT2D eigenvalue weighted by Crippen LogP contribution is -2.38. The topological polar surface area (TPSA) is 50.7 Å². The van der Waals surface area contributed by atoms with Gasteiger partial charge in [0.1, 0.15) is 0 Å². The number of nitrogens with one attached hydrogen (secondary N) is 1. The first-order chi connectivity index (χ1) is 8.02. The first kappa shape index (κ1) is 17.2. The molecule has 0 radical (unpaired) electrons. The van der Waals surface area contributed by atoms with Gasteiger partial charge in [-0.1, -0.05) is 0 Å². The Morgan fingerprint density at radius 2 is 1.94 bits per heavy atom. The first-order valence-electron chi connectivity index (χ1n) is 6.11. The molecule has 0 amide bonds. The molecule has 0 aliphatic carbocycles. The predicted molar refractivity (Wildman–Crippen MR) is 73.8 cm³/mol. The number of thioether (sulfide) groups is 1. The number of aliphatic hydroxyl groups is 1. The lowest BCUT2D eigenvalue weighted by molar-refractivity contribution is 0.00647. The van der Waals surface area contributed by atoms with Gasteiger partial charge in [0.05, 0.1) is 25.9 Å². The SMILES string of the molecule is CCOCCOCC(O)CNCC(C)(C)SC. The Morgan fingerprint density at radius 1 is 1.29 bits per heavy atom. The summed E-state index contributed by atoms with van der Waals surface area (Å²) < 4.78 is 10.6. The lowest BCUT2D eigenvalue weighted by atomic mass is 10.2. The Morgan fingerprint density at radius 3 is 2.53 bits per heavy atom. The van der Waals surface area contributed by atoms with Crippen LogP contribution in [0.1, 0.15) is 20.8 Å². The number of hydrogen-bond acceptors (Lipinski definition) is 5. The van der Waals surface area contributed by atoms with E-state index < -0.39 is 6.10 Å². The van der Waals surface area contributed by atoms with Crippen molar-refractivity contribution in [3.63, 3.8) is 0 Å². The molecule has 0 rings (SSSR count). The third-order valence-electron chi connectivity index (χ3n) is 2.37. The maximum Gasteiger partial charge on any atom is 0.0897 e. The molecular weight excluding hydrogens is 238 g/mol. The number of ether oxygens (including phenoxy) is 2. The van der Waals surface area contributed by atoms with E-state index in [4.69, 9.17) is 9.47 Å². The monoisotopic (exact) mass is 265 g/mol. The van der Waals surface area contributed by atoms with Gasteiger partial charge in [-0.15, -0.1) is 0 Å². The maximum absolute atomic E-state index is 9.64. The fourth-order valence-electron chi connectivity index (χ4n) is 1.15. The molecule has 0 aromatic carbocycles. The lowest BCUT2D eigenvalue weighted by Gasteiger charge is -2.23. The first-order valence-corrected chi connectivity index (χ1v) is 7.33. The van der Waals surface area contributed by atoms with Crippen LogP contribution in [0.2, 0.25) is 0 Å². The largest absolute Gasteiger partial charge is 0.389 e.